The third kappa shape index (κ3) is 2.20. The molecule has 0 amide bonds. The summed E-state index contributed by atoms with van der Waals surface area (Å²) in [6, 6.07) is 10.1. The molecule has 1 heterocycles. The Morgan fingerprint density at radius 3 is 2.79 bits per heavy atom. The van der Waals surface area contributed by atoms with Gasteiger partial charge in [-0.1, -0.05) is 30.3 Å². The molecule has 1 aromatic rings. The first-order valence-corrected chi connectivity index (χ1v) is 5.04. The molecule has 0 aliphatic carbocycles. The van der Waals surface area contributed by atoms with Crippen LogP contribution in [0.15, 0.2) is 30.3 Å². The fraction of sp³-hybridized carbons (Fsp3) is 0.417. The quantitative estimate of drug-likeness (QED) is 0.680. The van der Waals surface area contributed by atoms with E-state index in [0.29, 0.717) is 6.42 Å². The van der Waals surface area contributed by atoms with Gasteiger partial charge in [-0.25, -0.2) is 0 Å². The minimum Gasteiger partial charge on any atom is -0.366 e. The van der Waals surface area contributed by atoms with Crippen LogP contribution < -0.4 is 0 Å². The van der Waals surface area contributed by atoms with Crippen molar-refractivity contribution in [3.63, 3.8) is 0 Å². The Labute approximate surface area is 83.9 Å². The maximum atomic E-state index is 11.1. The summed E-state index contributed by atoms with van der Waals surface area (Å²) in [5.74, 6) is 0.225. The molecule has 0 aromatic heterocycles. The van der Waals surface area contributed by atoms with Crippen LogP contribution in [-0.2, 0) is 9.53 Å². The molecule has 2 heteroatoms. The predicted molar refractivity (Wildman–Crippen MR) is 54.0 cm³/mol. The van der Waals surface area contributed by atoms with E-state index in [0.717, 1.165) is 12.8 Å². The van der Waals surface area contributed by atoms with Gasteiger partial charge < -0.3 is 4.74 Å². The largest absolute Gasteiger partial charge is 0.366 e. The number of carbonyl (C=O) groups is 1. The second-order valence-electron chi connectivity index (χ2n) is 3.64. The van der Waals surface area contributed by atoms with Crippen LogP contribution in [0.1, 0.15) is 30.9 Å². The SMILES string of the molecule is O=C1CCC[C@H](c2ccccc2)OC1. The average Bonchev–Trinajstić information content (AvgIpc) is 2.44. The van der Waals surface area contributed by atoms with E-state index in [-0.39, 0.29) is 18.5 Å². The Kier molecular flexibility index (Phi) is 2.94. The first kappa shape index (κ1) is 9.41. The molecule has 0 radical (unpaired) electrons. The first-order chi connectivity index (χ1) is 6.86. The van der Waals surface area contributed by atoms with Crippen molar-refractivity contribution in [2.45, 2.75) is 25.4 Å². The van der Waals surface area contributed by atoms with E-state index >= 15 is 0 Å². The van der Waals surface area contributed by atoms with E-state index in [1.807, 2.05) is 18.2 Å². The van der Waals surface area contributed by atoms with Crippen molar-refractivity contribution in [3.05, 3.63) is 35.9 Å². The van der Waals surface area contributed by atoms with Crippen LogP contribution in [0.3, 0.4) is 0 Å². The highest BCUT2D eigenvalue weighted by molar-refractivity contribution is 5.79. The lowest BCUT2D eigenvalue weighted by atomic mass is 10.0. The molecule has 1 aromatic carbocycles. The Bertz CT molecular complexity index is 305. The van der Waals surface area contributed by atoms with Gasteiger partial charge in [-0.15, -0.1) is 0 Å². The Morgan fingerprint density at radius 1 is 1.21 bits per heavy atom. The lowest BCUT2D eigenvalue weighted by molar-refractivity contribution is -0.123. The molecule has 1 fully saturated rings. The molecule has 1 aliphatic rings. The molecule has 2 rings (SSSR count). The second kappa shape index (κ2) is 4.38. The van der Waals surface area contributed by atoms with Gasteiger partial charge in [-0.3, -0.25) is 4.79 Å². The molecule has 2 nitrogen and oxygen atoms in total. The van der Waals surface area contributed by atoms with Crippen LogP contribution in [0.25, 0.3) is 0 Å². The summed E-state index contributed by atoms with van der Waals surface area (Å²) in [5.41, 5.74) is 1.18. The lowest BCUT2D eigenvalue weighted by Gasteiger charge is -2.14. The van der Waals surface area contributed by atoms with Crippen molar-refractivity contribution >= 4 is 5.78 Å². The molecule has 1 saturated heterocycles. The number of ketones is 1. The van der Waals surface area contributed by atoms with Crippen LogP contribution in [-0.4, -0.2) is 12.4 Å². The number of Topliss-reactive ketones (excluding diaryl/α,β-unsaturated/α-hetero) is 1. The van der Waals surface area contributed by atoms with Gasteiger partial charge in [0, 0.05) is 6.42 Å². The van der Waals surface area contributed by atoms with Crippen LogP contribution in [0.5, 0.6) is 0 Å². The Morgan fingerprint density at radius 2 is 2.00 bits per heavy atom. The van der Waals surface area contributed by atoms with Crippen LogP contribution in [0, 0.1) is 0 Å². The van der Waals surface area contributed by atoms with Crippen molar-refractivity contribution in [1.29, 1.82) is 0 Å². The van der Waals surface area contributed by atoms with E-state index in [1.165, 1.54) is 5.56 Å². The molecule has 74 valence electrons. The van der Waals surface area contributed by atoms with Gasteiger partial charge in [0.2, 0.25) is 0 Å². The molecule has 1 atom stereocenters. The maximum absolute atomic E-state index is 11.1. The molecule has 0 bridgehead atoms. The fourth-order valence-corrected chi connectivity index (χ4v) is 1.76. The summed E-state index contributed by atoms with van der Waals surface area (Å²) < 4.78 is 5.55. The number of hydrogen-bond acceptors (Lipinski definition) is 2. The molecule has 0 N–H and O–H groups in total. The van der Waals surface area contributed by atoms with Gasteiger partial charge in [-0.2, -0.15) is 0 Å². The third-order valence-corrected chi connectivity index (χ3v) is 2.54. The van der Waals surface area contributed by atoms with E-state index < -0.39 is 0 Å². The molecule has 0 unspecified atom stereocenters. The normalized spacial score (nSPS) is 23.1. The van der Waals surface area contributed by atoms with Gasteiger partial charge in [0.15, 0.2) is 5.78 Å². The fourth-order valence-electron chi connectivity index (χ4n) is 1.76. The standard InChI is InChI=1S/C12H14O2/c13-11-7-4-8-12(14-9-11)10-5-2-1-3-6-10/h1-3,5-6,12H,4,7-9H2/t12-/m1/s1. The predicted octanol–water partition coefficient (Wildman–Crippen LogP) is 2.50. The smallest absolute Gasteiger partial charge is 0.158 e. The van der Waals surface area contributed by atoms with Crippen LogP contribution in [0.4, 0.5) is 0 Å². The summed E-state index contributed by atoms with van der Waals surface area (Å²) in [6.07, 6.45) is 2.68. The van der Waals surface area contributed by atoms with Crippen molar-refractivity contribution in [2.24, 2.45) is 0 Å². The second-order valence-corrected chi connectivity index (χ2v) is 3.64. The summed E-state index contributed by atoms with van der Waals surface area (Å²) in [5, 5.41) is 0. The van der Waals surface area contributed by atoms with Gasteiger partial charge in [0.1, 0.15) is 6.61 Å². The highest BCUT2D eigenvalue weighted by Gasteiger charge is 2.17. The van der Waals surface area contributed by atoms with Gasteiger partial charge >= 0.3 is 0 Å². The minimum absolute atomic E-state index is 0.114. The van der Waals surface area contributed by atoms with Crippen molar-refractivity contribution in [2.75, 3.05) is 6.61 Å². The average molecular weight is 190 g/mol. The van der Waals surface area contributed by atoms with E-state index in [9.17, 15) is 4.79 Å². The van der Waals surface area contributed by atoms with Gasteiger partial charge in [0.25, 0.3) is 0 Å². The van der Waals surface area contributed by atoms with E-state index in [4.69, 9.17) is 4.74 Å². The summed E-state index contributed by atoms with van der Waals surface area (Å²) in [6.45, 7) is 0.277. The monoisotopic (exact) mass is 190 g/mol. The van der Waals surface area contributed by atoms with Crippen molar-refractivity contribution < 1.29 is 9.53 Å². The number of benzene rings is 1. The summed E-state index contributed by atoms with van der Waals surface area (Å²) in [4.78, 5) is 11.1. The number of rotatable bonds is 1. The summed E-state index contributed by atoms with van der Waals surface area (Å²) in [7, 11) is 0. The topological polar surface area (TPSA) is 26.3 Å². The highest BCUT2D eigenvalue weighted by atomic mass is 16.5. The highest BCUT2D eigenvalue weighted by Crippen LogP contribution is 2.25. The zero-order valence-electron chi connectivity index (χ0n) is 8.11. The molecule has 1 aliphatic heterocycles. The van der Waals surface area contributed by atoms with Gasteiger partial charge in [-0.05, 0) is 18.4 Å². The Balaban J connectivity index is 2.08. The zero-order valence-corrected chi connectivity index (χ0v) is 8.11. The third-order valence-electron chi connectivity index (χ3n) is 2.54. The van der Waals surface area contributed by atoms with Crippen molar-refractivity contribution in [1.82, 2.24) is 0 Å². The van der Waals surface area contributed by atoms with Crippen molar-refractivity contribution in [3.8, 4) is 0 Å². The lowest BCUT2D eigenvalue weighted by Crippen LogP contribution is -2.07. The van der Waals surface area contributed by atoms with Crippen LogP contribution >= 0.6 is 0 Å². The summed E-state index contributed by atoms with van der Waals surface area (Å²) >= 11 is 0. The number of ether oxygens (including phenoxy) is 1. The van der Waals surface area contributed by atoms with Crippen LogP contribution in [0.2, 0.25) is 0 Å². The maximum Gasteiger partial charge on any atom is 0.158 e. The molecular formula is C12H14O2. The van der Waals surface area contributed by atoms with Gasteiger partial charge in [0.05, 0.1) is 6.10 Å². The molecular weight excluding hydrogens is 176 g/mol. The Hall–Kier alpha value is -1.15. The first-order valence-electron chi connectivity index (χ1n) is 5.04. The number of carbonyl (C=O) groups excluding carboxylic acids is 1. The zero-order chi connectivity index (χ0) is 9.80. The number of hydrogen-bond donors (Lipinski definition) is 0. The van der Waals surface area contributed by atoms with E-state index in [1.54, 1.807) is 0 Å². The molecule has 0 spiro atoms. The molecule has 0 saturated carbocycles. The minimum atomic E-state index is 0.114. The van der Waals surface area contributed by atoms with E-state index in [2.05, 4.69) is 12.1 Å². The molecule has 14 heavy (non-hydrogen) atoms.